The number of methoxy groups -OCH3 is 1. The van der Waals surface area contributed by atoms with Crippen molar-refractivity contribution in [3.8, 4) is 11.5 Å². The summed E-state index contributed by atoms with van der Waals surface area (Å²) in [6, 6.07) is 10.2. The summed E-state index contributed by atoms with van der Waals surface area (Å²) >= 11 is 1.30. The van der Waals surface area contributed by atoms with Gasteiger partial charge in [0.1, 0.15) is 12.4 Å². The molecule has 0 aliphatic carbocycles. The molecule has 0 spiro atoms. The number of rotatable bonds is 7. The van der Waals surface area contributed by atoms with Crippen LogP contribution in [0.25, 0.3) is 0 Å². The molecule has 9 heteroatoms. The van der Waals surface area contributed by atoms with E-state index in [9.17, 15) is 14.9 Å². The molecule has 3 rings (SSSR count). The molecule has 156 valence electrons. The van der Waals surface area contributed by atoms with Gasteiger partial charge in [0.15, 0.2) is 10.9 Å². The molecule has 2 aromatic carbocycles. The molecule has 0 radical (unpaired) electrons. The first-order valence-corrected chi connectivity index (χ1v) is 9.95. The summed E-state index contributed by atoms with van der Waals surface area (Å²) in [5, 5.41) is 13.6. The first-order valence-electron chi connectivity index (χ1n) is 9.07. The average Bonchev–Trinajstić information content (AvgIpc) is 3.17. The zero-order valence-corrected chi connectivity index (χ0v) is 17.9. The average molecular weight is 427 g/mol. The van der Waals surface area contributed by atoms with E-state index in [-0.39, 0.29) is 24.0 Å². The minimum Gasteiger partial charge on any atom is -0.496 e. The molecule has 1 heterocycles. The van der Waals surface area contributed by atoms with Gasteiger partial charge in [-0.2, -0.15) is 0 Å². The highest BCUT2D eigenvalue weighted by atomic mass is 32.1. The van der Waals surface area contributed by atoms with Gasteiger partial charge in [-0.25, -0.2) is 4.98 Å². The van der Waals surface area contributed by atoms with E-state index >= 15 is 0 Å². The van der Waals surface area contributed by atoms with Crippen molar-refractivity contribution in [2.75, 3.05) is 12.0 Å². The number of nitro groups is 1. The first kappa shape index (κ1) is 21.3. The van der Waals surface area contributed by atoms with Gasteiger partial charge in [-0.05, 0) is 49.2 Å². The van der Waals surface area contributed by atoms with Gasteiger partial charge in [0.2, 0.25) is 5.91 Å². The molecular weight excluding hydrogens is 406 g/mol. The number of anilines is 2. The predicted molar refractivity (Wildman–Crippen MR) is 115 cm³/mol. The van der Waals surface area contributed by atoms with Crippen LogP contribution in [0.2, 0.25) is 0 Å². The minimum atomic E-state index is -0.526. The fraction of sp³-hybridized carbons (Fsp3) is 0.238. The zero-order chi connectivity index (χ0) is 21.8. The number of benzene rings is 2. The Morgan fingerprint density at radius 2 is 1.97 bits per heavy atom. The highest BCUT2D eigenvalue weighted by molar-refractivity contribution is 7.14. The van der Waals surface area contributed by atoms with E-state index in [1.54, 1.807) is 11.4 Å². The first-order chi connectivity index (χ1) is 14.3. The summed E-state index contributed by atoms with van der Waals surface area (Å²) in [5.74, 6) is 0.328. The van der Waals surface area contributed by atoms with Gasteiger partial charge >= 0.3 is 5.69 Å². The van der Waals surface area contributed by atoms with Crippen LogP contribution in [0.3, 0.4) is 0 Å². The SMILES string of the molecule is COc1ccc(OCc2csc(N(C(C)=O)c3ccc(C)c(C)c3)n2)c([N+](=O)[O-])c1. The van der Waals surface area contributed by atoms with Crippen molar-refractivity contribution in [3.63, 3.8) is 0 Å². The van der Waals surface area contributed by atoms with E-state index in [1.165, 1.54) is 42.4 Å². The van der Waals surface area contributed by atoms with Gasteiger partial charge in [-0.15, -0.1) is 11.3 Å². The molecule has 0 aliphatic heterocycles. The van der Waals surface area contributed by atoms with Crippen LogP contribution in [0.15, 0.2) is 41.8 Å². The summed E-state index contributed by atoms with van der Waals surface area (Å²) < 4.78 is 10.6. The molecule has 3 aromatic rings. The third kappa shape index (κ3) is 4.57. The number of nitrogens with zero attached hydrogens (tertiary/aromatic N) is 3. The maximum Gasteiger partial charge on any atom is 0.314 e. The van der Waals surface area contributed by atoms with Crippen LogP contribution in [0, 0.1) is 24.0 Å². The number of ether oxygens (including phenoxy) is 2. The third-order valence-electron chi connectivity index (χ3n) is 4.53. The Bertz CT molecular complexity index is 1100. The van der Waals surface area contributed by atoms with Crippen molar-refractivity contribution in [1.29, 1.82) is 0 Å². The van der Waals surface area contributed by atoms with Crippen LogP contribution in [0.4, 0.5) is 16.5 Å². The van der Waals surface area contributed by atoms with E-state index in [2.05, 4.69) is 4.98 Å². The van der Waals surface area contributed by atoms with Crippen molar-refractivity contribution in [2.45, 2.75) is 27.4 Å². The summed E-state index contributed by atoms with van der Waals surface area (Å²) in [6.45, 7) is 5.50. The second-order valence-corrected chi connectivity index (χ2v) is 7.46. The lowest BCUT2D eigenvalue weighted by atomic mass is 10.1. The maximum atomic E-state index is 12.3. The lowest BCUT2D eigenvalue weighted by Crippen LogP contribution is -2.22. The van der Waals surface area contributed by atoms with Crippen molar-refractivity contribution in [3.05, 3.63) is 68.7 Å². The fourth-order valence-electron chi connectivity index (χ4n) is 2.80. The van der Waals surface area contributed by atoms with Crippen LogP contribution in [-0.2, 0) is 11.4 Å². The smallest absolute Gasteiger partial charge is 0.314 e. The van der Waals surface area contributed by atoms with Crippen molar-refractivity contribution < 1.29 is 19.2 Å². The van der Waals surface area contributed by atoms with Crippen LogP contribution in [0.5, 0.6) is 11.5 Å². The minimum absolute atomic E-state index is 0.0301. The topological polar surface area (TPSA) is 94.8 Å². The lowest BCUT2D eigenvalue weighted by molar-refractivity contribution is -0.386. The molecule has 30 heavy (non-hydrogen) atoms. The summed E-state index contributed by atoms with van der Waals surface area (Å²) in [5.41, 5.74) is 3.32. The monoisotopic (exact) mass is 427 g/mol. The molecule has 0 unspecified atom stereocenters. The van der Waals surface area contributed by atoms with E-state index in [0.717, 1.165) is 16.8 Å². The summed E-state index contributed by atoms with van der Waals surface area (Å²) in [6.07, 6.45) is 0. The molecule has 0 fully saturated rings. The Balaban J connectivity index is 1.81. The molecule has 0 bridgehead atoms. The molecule has 0 saturated carbocycles. The highest BCUT2D eigenvalue weighted by Crippen LogP contribution is 2.33. The van der Waals surface area contributed by atoms with Crippen molar-refractivity contribution >= 4 is 33.8 Å². The normalized spacial score (nSPS) is 10.5. The summed E-state index contributed by atoms with van der Waals surface area (Å²) in [7, 11) is 1.44. The van der Waals surface area contributed by atoms with Gasteiger partial charge in [-0.1, -0.05) is 6.07 Å². The molecule has 0 N–H and O–H groups in total. The maximum absolute atomic E-state index is 12.3. The second kappa shape index (κ2) is 8.91. The van der Waals surface area contributed by atoms with Crippen LogP contribution >= 0.6 is 11.3 Å². The Hall–Kier alpha value is -3.46. The highest BCUT2D eigenvalue weighted by Gasteiger charge is 2.20. The van der Waals surface area contributed by atoms with E-state index < -0.39 is 4.92 Å². The van der Waals surface area contributed by atoms with Gasteiger partial charge in [-0.3, -0.25) is 19.8 Å². The van der Waals surface area contributed by atoms with Crippen LogP contribution < -0.4 is 14.4 Å². The number of aryl methyl sites for hydroxylation is 2. The standard InChI is InChI=1S/C21H21N3O5S/c1-13-5-6-17(9-14(13)2)23(15(3)25)21-22-16(12-30-21)11-29-20-8-7-18(28-4)10-19(20)24(26)27/h5-10,12H,11H2,1-4H3. The number of nitro benzene ring substituents is 1. The summed E-state index contributed by atoms with van der Waals surface area (Å²) in [4.78, 5) is 29.1. The number of hydrogen-bond donors (Lipinski definition) is 0. The van der Waals surface area contributed by atoms with E-state index in [0.29, 0.717) is 16.6 Å². The van der Waals surface area contributed by atoms with E-state index in [1.807, 2.05) is 32.0 Å². The zero-order valence-electron chi connectivity index (χ0n) is 17.0. The number of carbonyl (C=O) groups is 1. The van der Waals surface area contributed by atoms with Crippen molar-refractivity contribution in [2.24, 2.45) is 0 Å². The number of hydrogen-bond acceptors (Lipinski definition) is 7. The molecule has 0 aliphatic rings. The molecule has 1 amide bonds. The second-order valence-electron chi connectivity index (χ2n) is 6.62. The number of amides is 1. The number of aromatic nitrogens is 1. The van der Waals surface area contributed by atoms with Gasteiger partial charge in [0, 0.05) is 12.3 Å². The van der Waals surface area contributed by atoms with Crippen LogP contribution in [-0.4, -0.2) is 22.9 Å². The molecule has 1 aromatic heterocycles. The lowest BCUT2D eigenvalue weighted by Gasteiger charge is -2.19. The molecule has 0 saturated heterocycles. The van der Waals surface area contributed by atoms with Gasteiger partial charge in [0.25, 0.3) is 0 Å². The third-order valence-corrected chi connectivity index (χ3v) is 5.41. The largest absolute Gasteiger partial charge is 0.496 e. The van der Waals surface area contributed by atoms with Gasteiger partial charge < -0.3 is 9.47 Å². The van der Waals surface area contributed by atoms with Crippen LogP contribution in [0.1, 0.15) is 23.7 Å². The van der Waals surface area contributed by atoms with E-state index in [4.69, 9.17) is 9.47 Å². The molecule has 0 atom stereocenters. The fourth-order valence-corrected chi connectivity index (χ4v) is 3.67. The predicted octanol–water partition coefficient (Wildman–Crippen LogP) is 4.94. The van der Waals surface area contributed by atoms with Gasteiger partial charge in [0.05, 0.1) is 29.5 Å². The number of carbonyl (C=O) groups excluding carboxylic acids is 1. The Kier molecular flexibility index (Phi) is 6.31. The Labute approximate surface area is 177 Å². The Morgan fingerprint density at radius 1 is 1.20 bits per heavy atom. The molecular formula is C21H21N3O5S. The quantitative estimate of drug-likeness (QED) is 0.391. The number of thiazole rings is 1. The molecule has 8 nitrogen and oxygen atoms in total. The Morgan fingerprint density at radius 3 is 2.60 bits per heavy atom. The van der Waals surface area contributed by atoms with Crippen molar-refractivity contribution in [1.82, 2.24) is 4.98 Å².